The van der Waals surface area contributed by atoms with Crippen LogP contribution in [0.1, 0.15) is 30.9 Å². The molecule has 0 aliphatic carbocycles. The van der Waals surface area contributed by atoms with Crippen molar-refractivity contribution in [3.05, 3.63) is 72.1 Å². The van der Waals surface area contributed by atoms with Crippen molar-refractivity contribution in [2.45, 2.75) is 36.2 Å². The summed E-state index contributed by atoms with van der Waals surface area (Å²) in [5, 5.41) is 4.33. The summed E-state index contributed by atoms with van der Waals surface area (Å²) in [7, 11) is 0. The third kappa shape index (κ3) is 3.48. The highest BCUT2D eigenvalue weighted by Crippen LogP contribution is 2.42. The number of hydrogen-bond donors (Lipinski definition) is 1. The lowest BCUT2D eigenvalue weighted by Gasteiger charge is -2.10. The number of rotatable bonds is 5. The molecule has 0 radical (unpaired) electrons. The molecule has 0 fully saturated rings. The fourth-order valence-electron chi connectivity index (χ4n) is 2.97. The minimum absolute atomic E-state index is 0.709. The van der Waals surface area contributed by atoms with E-state index in [9.17, 15) is 0 Å². The topological polar surface area (TPSA) is 50.2 Å². The summed E-state index contributed by atoms with van der Waals surface area (Å²) in [6.45, 7) is 2.89. The van der Waals surface area contributed by atoms with Crippen LogP contribution in [0.3, 0.4) is 0 Å². The van der Waals surface area contributed by atoms with E-state index in [0.717, 1.165) is 35.1 Å². The summed E-state index contributed by atoms with van der Waals surface area (Å²) in [5.41, 5.74) is 4.36. The first-order valence-electron chi connectivity index (χ1n) is 8.82. The molecule has 1 N–H and O–H groups in total. The van der Waals surface area contributed by atoms with Crippen molar-refractivity contribution in [2.75, 3.05) is 5.32 Å². The Hall–Kier alpha value is -2.66. The molecule has 1 aromatic heterocycles. The van der Waals surface area contributed by atoms with Crippen LogP contribution in [0, 0.1) is 0 Å². The summed E-state index contributed by atoms with van der Waals surface area (Å²) >= 11 is 1.66. The van der Waals surface area contributed by atoms with Crippen LogP contribution in [-0.2, 0) is 6.54 Å². The van der Waals surface area contributed by atoms with Crippen molar-refractivity contribution in [3.8, 4) is 0 Å². The molecule has 2 aromatic carbocycles. The molecule has 0 unspecified atom stereocenters. The van der Waals surface area contributed by atoms with Gasteiger partial charge in [0.2, 0.25) is 0 Å². The second-order valence-corrected chi connectivity index (χ2v) is 7.15. The Bertz CT molecular complexity index is 938. The van der Waals surface area contributed by atoms with Gasteiger partial charge in [0.15, 0.2) is 5.82 Å². The first kappa shape index (κ1) is 16.8. The Balaban J connectivity index is 1.72. The van der Waals surface area contributed by atoms with E-state index in [-0.39, 0.29) is 0 Å². The fraction of sp³-hybridized carbons (Fsp3) is 0.190. The standard InChI is InChI=1S/C21H20N4S/c1-2-8-17-16-11-6-7-12-18(16)26-21-19(25-17)20(23-14-24-21)22-13-15-9-4-3-5-10-15/h3-7,9-12,14H,2,8,13H2,1H3,(H,22,23,24). The highest BCUT2D eigenvalue weighted by Gasteiger charge is 2.20. The van der Waals surface area contributed by atoms with Crippen LogP contribution in [0.25, 0.3) is 0 Å². The zero-order valence-corrected chi connectivity index (χ0v) is 15.5. The molecule has 0 saturated heterocycles. The smallest absolute Gasteiger partial charge is 0.156 e. The van der Waals surface area contributed by atoms with Gasteiger partial charge in [0.25, 0.3) is 0 Å². The van der Waals surface area contributed by atoms with Gasteiger partial charge in [0, 0.05) is 22.7 Å². The summed E-state index contributed by atoms with van der Waals surface area (Å²) < 4.78 is 0. The largest absolute Gasteiger partial charge is 0.364 e. The monoisotopic (exact) mass is 360 g/mol. The van der Waals surface area contributed by atoms with Gasteiger partial charge in [-0.15, -0.1) is 0 Å². The molecule has 4 nitrogen and oxygen atoms in total. The summed E-state index contributed by atoms with van der Waals surface area (Å²) in [4.78, 5) is 15.1. The fourth-order valence-corrected chi connectivity index (χ4v) is 3.96. The molecule has 26 heavy (non-hydrogen) atoms. The van der Waals surface area contributed by atoms with Gasteiger partial charge in [-0.3, -0.25) is 0 Å². The van der Waals surface area contributed by atoms with Crippen LogP contribution >= 0.6 is 11.8 Å². The van der Waals surface area contributed by atoms with Crippen molar-refractivity contribution in [2.24, 2.45) is 4.99 Å². The maximum atomic E-state index is 4.99. The van der Waals surface area contributed by atoms with Crippen molar-refractivity contribution in [1.82, 2.24) is 9.97 Å². The predicted molar refractivity (Wildman–Crippen MR) is 107 cm³/mol. The molecule has 4 rings (SSSR count). The molecule has 3 aromatic rings. The van der Waals surface area contributed by atoms with Gasteiger partial charge in [-0.2, -0.15) is 0 Å². The maximum Gasteiger partial charge on any atom is 0.156 e. The predicted octanol–water partition coefficient (Wildman–Crippen LogP) is 5.47. The van der Waals surface area contributed by atoms with Gasteiger partial charge in [0.05, 0.1) is 0 Å². The lowest BCUT2D eigenvalue weighted by molar-refractivity contribution is 0.983. The highest BCUT2D eigenvalue weighted by atomic mass is 32.2. The van der Waals surface area contributed by atoms with E-state index in [1.807, 2.05) is 18.2 Å². The molecule has 5 heteroatoms. The maximum absolute atomic E-state index is 4.99. The van der Waals surface area contributed by atoms with E-state index in [4.69, 9.17) is 4.99 Å². The molecule has 1 aliphatic heterocycles. The van der Waals surface area contributed by atoms with Gasteiger partial charge in [-0.05, 0) is 18.1 Å². The lowest BCUT2D eigenvalue weighted by atomic mass is 10.1. The number of nitrogens with one attached hydrogen (secondary N) is 1. The van der Waals surface area contributed by atoms with Gasteiger partial charge in [-0.1, -0.05) is 73.6 Å². The zero-order valence-electron chi connectivity index (χ0n) is 14.6. The van der Waals surface area contributed by atoms with Crippen LogP contribution in [-0.4, -0.2) is 15.7 Å². The number of aromatic nitrogens is 2. The minimum atomic E-state index is 0.709. The lowest BCUT2D eigenvalue weighted by Crippen LogP contribution is -2.04. The normalized spacial score (nSPS) is 12.6. The Labute approximate surface area is 157 Å². The Morgan fingerprint density at radius 3 is 2.62 bits per heavy atom. The number of nitrogens with zero attached hydrogens (tertiary/aromatic N) is 3. The minimum Gasteiger partial charge on any atom is -0.364 e. The average molecular weight is 360 g/mol. The third-order valence-electron chi connectivity index (χ3n) is 4.23. The van der Waals surface area contributed by atoms with Gasteiger partial charge < -0.3 is 5.32 Å². The third-order valence-corrected chi connectivity index (χ3v) is 5.30. The van der Waals surface area contributed by atoms with Gasteiger partial charge in [0.1, 0.15) is 17.0 Å². The van der Waals surface area contributed by atoms with Crippen LogP contribution in [0.5, 0.6) is 0 Å². The number of fused-ring (bicyclic) bond motifs is 2. The molecule has 0 spiro atoms. The second-order valence-electron chi connectivity index (χ2n) is 6.12. The highest BCUT2D eigenvalue weighted by molar-refractivity contribution is 7.99. The molecule has 1 aliphatic rings. The summed E-state index contributed by atoms with van der Waals surface area (Å²) in [6, 6.07) is 18.7. The summed E-state index contributed by atoms with van der Waals surface area (Å²) in [5.74, 6) is 0.785. The van der Waals surface area contributed by atoms with Gasteiger partial charge in [-0.25, -0.2) is 15.0 Å². The van der Waals surface area contributed by atoms with Crippen LogP contribution in [0.15, 0.2) is 75.8 Å². The number of aliphatic imine (C=N–C) groups is 1. The van der Waals surface area contributed by atoms with E-state index >= 15 is 0 Å². The average Bonchev–Trinajstić information content (AvgIpc) is 2.84. The van der Waals surface area contributed by atoms with E-state index in [2.05, 4.69) is 58.6 Å². The van der Waals surface area contributed by atoms with Gasteiger partial charge >= 0.3 is 0 Å². The van der Waals surface area contributed by atoms with E-state index in [0.29, 0.717) is 6.54 Å². The first-order valence-corrected chi connectivity index (χ1v) is 9.64. The quantitative estimate of drug-likeness (QED) is 0.613. The van der Waals surface area contributed by atoms with Crippen LogP contribution in [0.4, 0.5) is 11.5 Å². The van der Waals surface area contributed by atoms with Crippen molar-refractivity contribution < 1.29 is 0 Å². The zero-order chi connectivity index (χ0) is 17.8. The Morgan fingerprint density at radius 1 is 0.962 bits per heavy atom. The van der Waals surface area contributed by atoms with Crippen molar-refractivity contribution >= 4 is 29.0 Å². The number of hydrogen-bond acceptors (Lipinski definition) is 5. The van der Waals surface area contributed by atoms with Crippen LogP contribution < -0.4 is 5.32 Å². The molecule has 0 bridgehead atoms. The van der Waals surface area contributed by atoms with Crippen molar-refractivity contribution in [1.29, 1.82) is 0 Å². The van der Waals surface area contributed by atoms with Crippen molar-refractivity contribution in [3.63, 3.8) is 0 Å². The molecule has 130 valence electrons. The molecular formula is C21H20N4S. The number of benzene rings is 2. The van der Waals surface area contributed by atoms with E-state index < -0.39 is 0 Å². The molecule has 0 saturated carbocycles. The van der Waals surface area contributed by atoms with Crippen LogP contribution in [0.2, 0.25) is 0 Å². The molecule has 0 amide bonds. The SMILES string of the molecule is CCCC1=Nc2c(NCc3ccccc3)ncnc2Sc2ccccc21. The Morgan fingerprint density at radius 2 is 1.77 bits per heavy atom. The summed E-state index contributed by atoms with van der Waals surface area (Å²) in [6.07, 6.45) is 3.60. The first-order chi connectivity index (χ1) is 12.8. The second kappa shape index (κ2) is 7.70. The molecular weight excluding hydrogens is 340 g/mol. The Kier molecular flexibility index (Phi) is 4.97. The molecule has 2 heterocycles. The van der Waals surface area contributed by atoms with E-state index in [1.165, 1.54) is 16.0 Å². The molecule has 0 atom stereocenters. The van der Waals surface area contributed by atoms with E-state index in [1.54, 1.807) is 18.1 Å². The number of anilines is 1.